The lowest BCUT2D eigenvalue weighted by Crippen LogP contribution is -2.48. The van der Waals surface area contributed by atoms with Gasteiger partial charge in [0.1, 0.15) is 11.5 Å². The van der Waals surface area contributed by atoms with E-state index in [0.29, 0.717) is 29.8 Å². The van der Waals surface area contributed by atoms with Crippen LogP contribution in [0.15, 0.2) is 36.8 Å². The van der Waals surface area contributed by atoms with Crippen LogP contribution in [0.3, 0.4) is 0 Å². The van der Waals surface area contributed by atoms with Gasteiger partial charge in [0.15, 0.2) is 11.3 Å². The van der Waals surface area contributed by atoms with Crippen LogP contribution in [0.5, 0.6) is 5.88 Å². The van der Waals surface area contributed by atoms with Gasteiger partial charge in [-0.3, -0.25) is 4.79 Å². The first-order valence-corrected chi connectivity index (χ1v) is 11.4. The number of nitrogens with zero attached hydrogens (tertiary/aromatic N) is 6. The first kappa shape index (κ1) is 23.5. The van der Waals surface area contributed by atoms with E-state index >= 15 is 0 Å². The van der Waals surface area contributed by atoms with Crippen LogP contribution in [0.2, 0.25) is 0 Å². The Balaban J connectivity index is 1.48. The van der Waals surface area contributed by atoms with Crippen LogP contribution in [0.4, 0.5) is 26.1 Å². The minimum absolute atomic E-state index is 0.0190. The van der Waals surface area contributed by atoms with Gasteiger partial charge in [0, 0.05) is 24.8 Å². The number of methoxy groups -OCH3 is 1. The third kappa shape index (κ3) is 4.31. The fourth-order valence-corrected chi connectivity index (χ4v) is 4.06. The Morgan fingerprint density at radius 3 is 2.69 bits per heavy atom. The Bertz CT molecular complexity index is 1460. The van der Waals surface area contributed by atoms with Gasteiger partial charge in [-0.05, 0) is 38.1 Å². The van der Waals surface area contributed by atoms with E-state index in [1.165, 1.54) is 24.1 Å². The zero-order chi connectivity index (χ0) is 25.4. The van der Waals surface area contributed by atoms with E-state index in [9.17, 15) is 13.6 Å². The van der Waals surface area contributed by atoms with Gasteiger partial charge in [0.05, 0.1) is 43.1 Å². The fraction of sp³-hybridized carbons (Fsp3) is 0.292. The van der Waals surface area contributed by atoms with Crippen LogP contribution >= 0.6 is 0 Å². The Labute approximate surface area is 205 Å². The molecule has 1 fully saturated rings. The second-order valence-electron chi connectivity index (χ2n) is 8.53. The number of benzene rings is 1. The molecule has 5 rings (SSSR count). The van der Waals surface area contributed by atoms with Gasteiger partial charge in [-0.25, -0.2) is 28.7 Å². The number of pyridine rings is 1. The van der Waals surface area contributed by atoms with Crippen molar-refractivity contribution >= 4 is 34.3 Å². The van der Waals surface area contributed by atoms with Gasteiger partial charge in [-0.2, -0.15) is 0 Å². The Morgan fingerprint density at radius 1 is 1.14 bits per heavy atom. The fourth-order valence-electron chi connectivity index (χ4n) is 4.06. The average molecular weight is 495 g/mol. The number of imidazole rings is 1. The van der Waals surface area contributed by atoms with Crippen molar-refractivity contribution in [2.24, 2.45) is 0 Å². The molecule has 0 spiro atoms. The first-order valence-electron chi connectivity index (χ1n) is 11.4. The van der Waals surface area contributed by atoms with Crippen LogP contribution in [0.25, 0.3) is 22.4 Å². The Hall–Kier alpha value is -4.19. The largest absolute Gasteiger partial charge is 0.479 e. The summed E-state index contributed by atoms with van der Waals surface area (Å²) in [5.74, 6) is -1.21. The van der Waals surface area contributed by atoms with Crippen LogP contribution in [-0.2, 0) is 4.79 Å². The number of aromatic nitrogens is 5. The zero-order valence-corrected chi connectivity index (χ0v) is 19.9. The molecule has 10 nitrogen and oxygen atoms in total. The van der Waals surface area contributed by atoms with Gasteiger partial charge in [0.2, 0.25) is 17.7 Å². The molecular weight excluding hydrogens is 470 g/mol. The van der Waals surface area contributed by atoms with Crippen LogP contribution < -0.4 is 20.3 Å². The summed E-state index contributed by atoms with van der Waals surface area (Å²) in [7, 11) is 1.46. The number of halogens is 2. The predicted octanol–water partition coefficient (Wildman–Crippen LogP) is 3.44. The summed E-state index contributed by atoms with van der Waals surface area (Å²) < 4.78 is 37.0. The van der Waals surface area contributed by atoms with Gasteiger partial charge in [0.25, 0.3) is 0 Å². The standard InChI is InChI=1S/C24H24F2N8O2/c1-13(2)34-12-29-22-19(34)9-18(30-23(22)36-3)21-16(26)10-28-24(32-21)31-17-5-4-14(8-15(17)25)33-7-6-27-11-20(33)35/h4-5,8-10,12-13,27H,6-7,11H2,1-3H3,(H,28,31,32). The highest BCUT2D eigenvalue weighted by molar-refractivity contribution is 5.95. The third-order valence-corrected chi connectivity index (χ3v) is 5.87. The maximum Gasteiger partial charge on any atom is 0.242 e. The van der Waals surface area contributed by atoms with E-state index < -0.39 is 11.6 Å². The van der Waals surface area contributed by atoms with Gasteiger partial charge in [-0.15, -0.1) is 0 Å². The molecule has 0 unspecified atom stereocenters. The van der Waals surface area contributed by atoms with Crippen LogP contribution in [-0.4, -0.2) is 57.2 Å². The maximum absolute atomic E-state index is 14.9. The Kier molecular flexibility index (Phi) is 6.18. The van der Waals surface area contributed by atoms with E-state index in [1.54, 1.807) is 18.5 Å². The molecular formula is C24H24F2N8O2. The van der Waals surface area contributed by atoms with Crippen LogP contribution in [0, 0.1) is 11.6 Å². The lowest BCUT2D eigenvalue weighted by atomic mass is 10.2. The number of nitrogens with one attached hydrogen (secondary N) is 2. The SMILES string of the molecule is COc1nc(-c2nc(Nc3ccc(N4CCNCC4=O)cc3F)ncc2F)cc2c1ncn2C(C)C. The van der Waals surface area contributed by atoms with Gasteiger partial charge >= 0.3 is 0 Å². The van der Waals surface area contributed by atoms with E-state index in [-0.39, 0.29) is 47.4 Å². The third-order valence-electron chi connectivity index (χ3n) is 5.87. The summed E-state index contributed by atoms with van der Waals surface area (Å²) in [6, 6.07) is 6.17. The van der Waals surface area contributed by atoms with Gasteiger partial charge < -0.3 is 24.8 Å². The molecule has 1 saturated heterocycles. The summed E-state index contributed by atoms with van der Waals surface area (Å²) in [4.78, 5) is 30.6. The highest BCUT2D eigenvalue weighted by atomic mass is 19.1. The van der Waals surface area contributed by atoms with Crippen molar-refractivity contribution in [2.75, 3.05) is 37.0 Å². The number of anilines is 3. The highest BCUT2D eigenvalue weighted by Gasteiger charge is 2.21. The molecule has 0 radical (unpaired) electrons. The van der Waals surface area contributed by atoms with E-state index in [0.717, 1.165) is 6.20 Å². The van der Waals surface area contributed by atoms with Crippen molar-refractivity contribution in [2.45, 2.75) is 19.9 Å². The van der Waals surface area contributed by atoms with Crippen molar-refractivity contribution in [3.63, 3.8) is 0 Å². The normalized spacial score (nSPS) is 14.1. The number of hydrogen-bond acceptors (Lipinski definition) is 8. The lowest BCUT2D eigenvalue weighted by Gasteiger charge is -2.27. The smallest absolute Gasteiger partial charge is 0.242 e. The Morgan fingerprint density at radius 2 is 1.97 bits per heavy atom. The summed E-state index contributed by atoms with van der Waals surface area (Å²) in [6.07, 6.45) is 2.67. The second-order valence-corrected chi connectivity index (χ2v) is 8.53. The van der Waals surface area contributed by atoms with E-state index in [2.05, 4.69) is 30.6 Å². The number of piperazine rings is 1. The van der Waals surface area contributed by atoms with Crippen molar-refractivity contribution in [3.05, 3.63) is 48.4 Å². The summed E-state index contributed by atoms with van der Waals surface area (Å²) in [5.41, 5.74) is 1.94. The minimum Gasteiger partial charge on any atom is -0.479 e. The monoisotopic (exact) mass is 494 g/mol. The molecule has 0 atom stereocenters. The molecule has 1 aromatic carbocycles. The maximum atomic E-state index is 14.9. The molecule has 1 aliphatic rings. The number of carbonyl (C=O) groups excluding carboxylic acids is 1. The molecule has 1 aliphatic heterocycles. The first-order chi connectivity index (χ1) is 17.4. The van der Waals surface area contributed by atoms with E-state index in [4.69, 9.17) is 4.74 Å². The number of rotatable bonds is 6. The van der Waals surface area contributed by atoms with Crippen molar-refractivity contribution in [1.82, 2.24) is 29.8 Å². The molecule has 4 heterocycles. The van der Waals surface area contributed by atoms with Crippen molar-refractivity contribution in [3.8, 4) is 17.3 Å². The number of fused-ring (bicyclic) bond motifs is 1. The molecule has 36 heavy (non-hydrogen) atoms. The molecule has 2 N–H and O–H groups in total. The quantitative estimate of drug-likeness (QED) is 0.420. The highest BCUT2D eigenvalue weighted by Crippen LogP contribution is 2.31. The number of amides is 1. The topological polar surface area (TPSA) is 110 Å². The van der Waals surface area contributed by atoms with Crippen molar-refractivity contribution < 1.29 is 18.3 Å². The average Bonchev–Trinajstić information content (AvgIpc) is 3.30. The summed E-state index contributed by atoms with van der Waals surface area (Å²) in [6.45, 7) is 5.28. The second kappa shape index (κ2) is 9.46. The minimum atomic E-state index is -0.696. The zero-order valence-electron chi connectivity index (χ0n) is 19.9. The molecule has 0 saturated carbocycles. The van der Waals surface area contributed by atoms with E-state index in [1.807, 2.05) is 18.4 Å². The molecule has 3 aromatic heterocycles. The van der Waals surface area contributed by atoms with Crippen LogP contribution in [0.1, 0.15) is 19.9 Å². The lowest BCUT2D eigenvalue weighted by molar-refractivity contribution is -0.118. The summed E-state index contributed by atoms with van der Waals surface area (Å²) >= 11 is 0. The molecule has 12 heteroatoms. The molecule has 1 amide bonds. The summed E-state index contributed by atoms with van der Waals surface area (Å²) in [5, 5.41) is 5.76. The molecule has 186 valence electrons. The van der Waals surface area contributed by atoms with Crippen molar-refractivity contribution in [1.29, 1.82) is 0 Å². The molecule has 0 aliphatic carbocycles. The number of ether oxygens (including phenoxy) is 1. The number of hydrogen-bond donors (Lipinski definition) is 2. The predicted molar refractivity (Wildman–Crippen MR) is 130 cm³/mol. The van der Waals surface area contributed by atoms with Gasteiger partial charge in [-0.1, -0.05) is 0 Å². The molecule has 4 aromatic rings. The number of carbonyl (C=O) groups is 1. The molecule has 0 bridgehead atoms.